The fourth-order valence-corrected chi connectivity index (χ4v) is 5.25. The van der Waals surface area contributed by atoms with Crippen molar-refractivity contribution in [2.75, 3.05) is 6.54 Å². The van der Waals surface area contributed by atoms with Crippen LogP contribution in [0.2, 0.25) is 0 Å². The van der Waals surface area contributed by atoms with Crippen molar-refractivity contribution in [3.63, 3.8) is 0 Å². The highest BCUT2D eigenvalue weighted by Crippen LogP contribution is 2.23. The number of phenolic OH excluding ortho intramolecular Hbond substituents is 1. The Labute approximate surface area is 266 Å². The molecule has 5 N–H and O–H groups in total. The fourth-order valence-electron chi connectivity index (χ4n) is 5.25. The number of ketones is 1. The second-order valence-electron chi connectivity index (χ2n) is 12.2. The van der Waals surface area contributed by atoms with Crippen molar-refractivity contribution in [1.29, 1.82) is 0 Å². The lowest BCUT2D eigenvalue weighted by Gasteiger charge is -2.35. The fraction of sp³-hybridized carbons (Fsp3) is 0.486. The molecule has 0 aliphatic carbocycles. The molecule has 0 saturated carbocycles. The second kappa shape index (κ2) is 16.9. The molecule has 1 aliphatic heterocycles. The largest absolute Gasteiger partial charge is 0.508 e. The maximum atomic E-state index is 13.7. The van der Waals surface area contributed by atoms with Crippen LogP contribution in [-0.4, -0.2) is 63.4 Å². The number of carbonyl (C=O) groups is 4. The van der Waals surface area contributed by atoms with Crippen molar-refractivity contribution in [3.8, 4) is 5.75 Å². The van der Waals surface area contributed by atoms with Gasteiger partial charge < -0.3 is 20.8 Å². The number of amides is 3. The van der Waals surface area contributed by atoms with Crippen LogP contribution in [-0.2, 0) is 25.6 Å². The minimum absolute atomic E-state index is 0.0280. The molecule has 0 radical (unpaired) electrons. The Bertz CT molecular complexity index is 1340. The number of hydrogen-bond acceptors (Lipinski definition) is 7. The molecule has 3 rings (SSSR count). The molecular formula is C35H48N4O6. The van der Waals surface area contributed by atoms with E-state index in [0.29, 0.717) is 30.5 Å². The second-order valence-corrected chi connectivity index (χ2v) is 12.2. The van der Waals surface area contributed by atoms with Crippen molar-refractivity contribution in [2.45, 2.75) is 91.0 Å². The molecule has 5 unspecified atom stereocenters. The number of nitrogens with one attached hydrogen (secondary N) is 3. The van der Waals surface area contributed by atoms with Crippen LogP contribution in [0.3, 0.4) is 0 Å². The van der Waals surface area contributed by atoms with Crippen LogP contribution < -0.4 is 16.1 Å². The standard InChI is InChI=1S/C35H48N4O6/c1-6-7-8-11-25-15-17-27(18-16-25)32(42)23(4)33(43)37-31(22(2)3)34(44)36-30(21-26-12-9-13-28(41)20-26)35(45)39-19-10-14-29(38-39)24(5)40/h8-9,11-13,15-18,20,22-23,29-32,38,41-42H,6-7,10,14,19,21H2,1-5H3,(H,36,44)(H,37,43)/b11-8+. The van der Waals surface area contributed by atoms with Gasteiger partial charge in [-0.3, -0.25) is 24.2 Å². The van der Waals surface area contributed by atoms with Crippen LogP contribution in [0.5, 0.6) is 5.75 Å². The lowest BCUT2D eigenvalue weighted by molar-refractivity contribution is -0.143. The van der Waals surface area contributed by atoms with Crippen LogP contribution in [0.4, 0.5) is 0 Å². The van der Waals surface area contributed by atoms with E-state index in [1.807, 2.05) is 18.2 Å². The maximum absolute atomic E-state index is 13.7. The molecule has 244 valence electrons. The summed E-state index contributed by atoms with van der Waals surface area (Å²) in [5.74, 6) is -2.73. The lowest BCUT2D eigenvalue weighted by Crippen LogP contribution is -2.61. The van der Waals surface area contributed by atoms with E-state index < -0.39 is 47.9 Å². The highest BCUT2D eigenvalue weighted by Gasteiger charge is 2.35. The Kier molecular flexibility index (Phi) is 13.3. The molecule has 1 saturated heterocycles. The number of benzene rings is 2. The zero-order chi connectivity index (χ0) is 33.1. The topological polar surface area (TPSA) is 148 Å². The first-order valence-electron chi connectivity index (χ1n) is 15.8. The van der Waals surface area contributed by atoms with Gasteiger partial charge in [0.15, 0.2) is 0 Å². The molecule has 0 bridgehead atoms. The average Bonchev–Trinajstić information content (AvgIpc) is 3.02. The number of allylic oxidation sites excluding steroid dienone is 1. The van der Waals surface area contributed by atoms with Crippen molar-refractivity contribution in [3.05, 3.63) is 71.3 Å². The normalized spacial score (nSPS) is 17.8. The SMILES string of the molecule is CCC/C=C/c1ccc(C(O)C(C)C(=O)NC(C(=O)NC(Cc2cccc(O)c2)C(=O)N2CCCC(C(C)=O)N2)C(C)C)cc1. The number of aromatic hydroxyl groups is 1. The molecule has 10 nitrogen and oxygen atoms in total. The van der Waals surface area contributed by atoms with Crippen LogP contribution in [0, 0.1) is 11.8 Å². The van der Waals surface area contributed by atoms with Crippen molar-refractivity contribution in [2.24, 2.45) is 11.8 Å². The Balaban J connectivity index is 1.74. The first kappa shape index (κ1) is 35.5. The minimum atomic E-state index is -1.09. The van der Waals surface area contributed by atoms with Gasteiger partial charge in [0.2, 0.25) is 11.8 Å². The summed E-state index contributed by atoms with van der Waals surface area (Å²) in [7, 11) is 0. The molecule has 2 aromatic carbocycles. The summed E-state index contributed by atoms with van der Waals surface area (Å²) >= 11 is 0. The number of unbranched alkanes of at least 4 members (excludes halogenated alkanes) is 1. The van der Waals surface area contributed by atoms with Gasteiger partial charge in [0.25, 0.3) is 5.91 Å². The first-order chi connectivity index (χ1) is 21.4. The number of carbonyl (C=O) groups excluding carboxylic acids is 4. The summed E-state index contributed by atoms with van der Waals surface area (Å²) in [4.78, 5) is 52.7. The van der Waals surface area contributed by atoms with Crippen molar-refractivity contribution < 1.29 is 29.4 Å². The molecule has 0 spiro atoms. The van der Waals surface area contributed by atoms with E-state index in [-0.39, 0.29) is 23.9 Å². The van der Waals surface area contributed by atoms with Crippen molar-refractivity contribution >= 4 is 29.6 Å². The summed E-state index contributed by atoms with van der Waals surface area (Å²) in [5, 5.41) is 27.9. The average molecular weight is 621 g/mol. The molecule has 3 amide bonds. The van der Waals surface area contributed by atoms with E-state index in [9.17, 15) is 29.4 Å². The van der Waals surface area contributed by atoms with Gasteiger partial charge in [-0.25, -0.2) is 5.43 Å². The summed E-state index contributed by atoms with van der Waals surface area (Å²) in [5.41, 5.74) is 5.19. The summed E-state index contributed by atoms with van der Waals surface area (Å²) < 4.78 is 0. The molecule has 1 heterocycles. The van der Waals surface area contributed by atoms with Gasteiger partial charge in [-0.1, -0.05) is 82.7 Å². The van der Waals surface area contributed by atoms with E-state index in [2.05, 4.69) is 29.1 Å². The Morgan fingerprint density at radius 1 is 1.04 bits per heavy atom. The molecular weight excluding hydrogens is 572 g/mol. The van der Waals surface area contributed by atoms with Crippen LogP contribution >= 0.6 is 0 Å². The Hall–Kier alpha value is -4.02. The number of aliphatic hydroxyl groups excluding tert-OH is 1. The molecule has 0 aromatic heterocycles. The minimum Gasteiger partial charge on any atom is -0.508 e. The number of phenols is 1. The van der Waals surface area contributed by atoms with Crippen LogP contribution in [0.1, 0.15) is 83.1 Å². The zero-order valence-corrected chi connectivity index (χ0v) is 27.0. The number of hydrazine groups is 1. The maximum Gasteiger partial charge on any atom is 0.259 e. The van der Waals surface area contributed by atoms with E-state index >= 15 is 0 Å². The van der Waals surface area contributed by atoms with Gasteiger partial charge in [0, 0.05) is 13.0 Å². The third-order valence-corrected chi connectivity index (χ3v) is 8.09. The lowest BCUT2D eigenvalue weighted by atomic mass is 9.94. The van der Waals surface area contributed by atoms with E-state index in [1.165, 1.54) is 24.1 Å². The summed E-state index contributed by atoms with van der Waals surface area (Å²) in [6, 6.07) is 11.3. The smallest absolute Gasteiger partial charge is 0.259 e. The highest BCUT2D eigenvalue weighted by molar-refractivity contribution is 5.93. The van der Waals surface area contributed by atoms with Gasteiger partial charge in [-0.15, -0.1) is 0 Å². The van der Waals surface area contributed by atoms with Crippen LogP contribution in [0.15, 0.2) is 54.6 Å². The number of rotatable bonds is 14. The highest BCUT2D eigenvalue weighted by atomic mass is 16.3. The first-order valence-corrected chi connectivity index (χ1v) is 15.8. The van der Waals surface area contributed by atoms with Gasteiger partial charge in [-0.2, -0.15) is 0 Å². The number of aliphatic hydroxyl groups is 1. The van der Waals surface area contributed by atoms with Crippen LogP contribution in [0.25, 0.3) is 6.08 Å². The Morgan fingerprint density at radius 2 is 1.76 bits per heavy atom. The van der Waals surface area contributed by atoms with E-state index in [1.54, 1.807) is 45.0 Å². The third kappa shape index (κ3) is 10.3. The molecule has 10 heteroatoms. The zero-order valence-electron chi connectivity index (χ0n) is 27.0. The molecule has 5 atom stereocenters. The quantitative estimate of drug-likeness (QED) is 0.216. The Morgan fingerprint density at radius 3 is 2.38 bits per heavy atom. The van der Waals surface area contributed by atoms with Gasteiger partial charge in [0.1, 0.15) is 23.6 Å². The predicted molar refractivity (Wildman–Crippen MR) is 174 cm³/mol. The third-order valence-electron chi connectivity index (χ3n) is 8.09. The summed E-state index contributed by atoms with van der Waals surface area (Å²) in [6.45, 7) is 9.11. The van der Waals surface area contributed by atoms with E-state index in [4.69, 9.17) is 0 Å². The predicted octanol–water partition coefficient (Wildman–Crippen LogP) is 3.83. The summed E-state index contributed by atoms with van der Waals surface area (Å²) in [6.07, 6.45) is 6.37. The number of nitrogens with zero attached hydrogens (tertiary/aromatic N) is 1. The monoisotopic (exact) mass is 620 g/mol. The number of Topliss-reactive ketones (excluding diaryl/α,β-unsaturated/α-hetero) is 1. The molecule has 2 aromatic rings. The van der Waals surface area contributed by atoms with Gasteiger partial charge >= 0.3 is 0 Å². The van der Waals surface area contributed by atoms with Gasteiger partial charge in [-0.05, 0) is 60.9 Å². The van der Waals surface area contributed by atoms with Crippen molar-refractivity contribution in [1.82, 2.24) is 21.1 Å². The van der Waals surface area contributed by atoms with Gasteiger partial charge in [0.05, 0.1) is 18.1 Å². The molecule has 45 heavy (non-hydrogen) atoms. The number of hydrogen-bond donors (Lipinski definition) is 5. The molecule has 1 fully saturated rings. The molecule has 1 aliphatic rings. The van der Waals surface area contributed by atoms with E-state index in [0.717, 1.165) is 18.4 Å².